The molecule has 1 N–H and O–H groups in total. The zero-order valence-electron chi connectivity index (χ0n) is 11.5. The minimum Gasteiger partial charge on any atom is -0.497 e. The predicted octanol–water partition coefficient (Wildman–Crippen LogP) is 2.81. The molecule has 0 spiro atoms. The summed E-state index contributed by atoms with van der Waals surface area (Å²) in [4.78, 5) is 15.6. The molecule has 4 nitrogen and oxygen atoms in total. The van der Waals surface area contributed by atoms with Crippen molar-refractivity contribution in [3.05, 3.63) is 59.4 Å². The van der Waals surface area contributed by atoms with Crippen molar-refractivity contribution < 1.29 is 14.6 Å². The maximum atomic E-state index is 11.5. The fourth-order valence-electron chi connectivity index (χ4n) is 2.13. The predicted molar refractivity (Wildman–Crippen MR) is 76.0 cm³/mol. The Bertz CT molecular complexity index is 593. The van der Waals surface area contributed by atoms with E-state index in [0.717, 1.165) is 22.6 Å². The van der Waals surface area contributed by atoms with Crippen LogP contribution < -0.4 is 4.74 Å². The molecule has 0 radical (unpaired) electrons. The highest BCUT2D eigenvalue weighted by Crippen LogP contribution is 2.23. The van der Waals surface area contributed by atoms with Gasteiger partial charge in [-0.3, -0.25) is 9.78 Å². The van der Waals surface area contributed by atoms with Gasteiger partial charge < -0.3 is 9.84 Å². The summed E-state index contributed by atoms with van der Waals surface area (Å²) in [5.74, 6) is -0.628. The fourth-order valence-corrected chi connectivity index (χ4v) is 2.13. The lowest BCUT2D eigenvalue weighted by Gasteiger charge is -2.13. The van der Waals surface area contributed by atoms with Crippen LogP contribution >= 0.6 is 0 Å². The number of aliphatic carboxylic acids is 1. The molecule has 0 saturated heterocycles. The van der Waals surface area contributed by atoms with Crippen LogP contribution in [0.2, 0.25) is 0 Å². The van der Waals surface area contributed by atoms with Gasteiger partial charge in [-0.15, -0.1) is 0 Å². The van der Waals surface area contributed by atoms with Crippen molar-refractivity contribution in [2.24, 2.45) is 0 Å². The Kier molecular flexibility index (Phi) is 4.35. The number of nitrogens with zero attached hydrogens (tertiary/aromatic N) is 1. The van der Waals surface area contributed by atoms with Crippen molar-refractivity contribution in [2.75, 3.05) is 7.11 Å². The number of aromatic nitrogens is 1. The summed E-state index contributed by atoms with van der Waals surface area (Å²) in [6.07, 6.45) is 2.09. The van der Waals surface area contributed by atoms with Gasteiger partial charge in [0.25, 0.3) is 0 Å². The molecule has 104 valence electrons. The van der Waals surface area contributed by atoms with Crippen LogP contribution in [-0.4, -0.2) is 23.2 Å². The Balaban J connectivity index is 2.23. The number of benzene rings is 1. The van der Waals surface area contributed by atoms with Gasteiger partial charge in [0.1, 0.15) is 5.75 Å². The molecule has 2 aromatic rings. The number of pyridine rings is 1. The highest BCUT2D eigenvalue weighted by Gasteiger charge is 2.20. The van der Waals surface area contributed by atoms with E-state index in [1.54, 1.807) is 19.4 Å². The van der Waals surface area contributed by atoms with Gasteiger partial charge in [-0.05, 0) is 48.7 Å². The molecular weight excluding hydrogens is 254 g/mol. The summed E-state index contributed by atoms with van der Waals surface area (Å²) in [5, 5.41) is 9.43. The Morgan fingerprint density at radius 3 is 2.55 bits per heavy atom. The molecule has 0 aliphatic carbocycles. The van der Waals surface area contributed by atoms with Gasteiger partial charge in [0.15, 0.2) is 0 Å². The lowest BCUT2D eigenvalue weighted by Crippen LogP contribution is -2.14. The highest BCUT2D eigenvalue weighted by atomic mass is 16.5. The second-order valence-corrected chi connectivity index (χ2v) is 4.67. The average molecular weight is 271 g/mol. The van der Waals surface area contributed by atoms with Crippen molar-refractivity contribution in [3.8, 4) is 5.75 Å². The van der Waals surface area contributed by atoms with Crippen molar-refractivity contribution in [2.45, 2.75) is 19.3 Å². The number of aryl methyl sites for hydroxylation is 1. The number of hydrogen-bond donors (Lipinski definition) is 1. The molecule has 0 saturated carbocycles. The summed E-state index contributed by atoms with van der Waals surface area (Å²) in [6.45, 7) is 1.86. The molecule has 2 rings (SSSR count). The van der Waals surface area contributed by atoms with E-state index in [0.29, 0.717) is 6.42 Å². The normalized spacial score (nSPS) is 11.9. The number of carboxylic acid groups (broad SMARTS) is 1. The van der Waals surface area contributed by atoms with Gasteiger partial charge >= 0.3 is 5.97 Å². The lowest BCUT2D eigenvalue weighted by atomic mass is 9.92. The maximum Gasteiger partial charge on any atom is 0.311 e. The molecule has 0 amide bonds. The van der Waals surface area contributed by atoms with E-state index >= 15 is 0 Å². The molecule has 0 aliphatic rings. The van der Waals surface area contributed by atoms with E-state index < -0.39 is 11.9 Å². The molecule has 0 aliphatic heterocycles. The largest absolute Gasteiger partial charge is 0.497 e. The second kappa shape index (κ2) is 6.19. The van der Waals surface area contributed by atoms with Gasteiger partial charge in [-0.25, -0.2) is 0 Å². The highest BCUT2D eigenvalue weighted by molar-refractivity contribution is 5.76. The molecule has 1 unspecified atom stereocenters. The summed E-state index contributed by atoms with van der Waals surface area (Å²) in [7, 11) is 1.61. The van der Waals surface area contributed by atoms with Crippen LogP contribution in [0.3, 0.4) is 0 Å². The molecule has 4 heteroatoms. The topological polar surface area (TPSA) is 59.4 Å². The van der Waals surface area contributed by atoms with Crippen LogP contribution in [0.4, 0.5) is 0 Å². The van der Waals surface area contributed by atoms with Crippen LogP contribution in [-0.2, 0) is 11.2 Å². The summed E-state index contributed by atoms with van der Waals surface area (Å²) in [5.41, 5.74) is 2.57. The van der Waals surface area contributed by atoms with Gasteiger partial charge in [-0.2, -0.15) is 0 Å². The third kappa shape index (κ3) is 3.35. The van der Waals surface area contributed by atoms with Gasteiger partial charge in [0.2, 0.25) is 0 Å². The van der Waals surface area contributed by atoms with Crippen LogP contribution in [0.25, 0.3) is 0 Å². The Morgan fingerprint density at radius 2 is 2.00 bits per heavy atom. The minimum atomic E-state index is -0.827. The van der Waals surface area contributed by atoms with E-state index in [1.165, 1.54) is 0 Å². The summed E-state index contributed by atoms with van der Waals surface area (Å²) >= 11 is 0. The zero-order chi connectivity index (χ0) is 14.5. The van der Waals surface area contributed by atoms with Crippen molar-refractivity contribution in [1.82, 2.24) is 4.98 Å². The summed E-state index contributed by atoms with van der Waals surface area (Å²) in [6, 6.07) is 11.0. The number of methoxy groups -OCH3 is 1. The molecule has 1 aromatic carbocycles. The molecule has 20 heavy (non-hydrogen) atoms. The van der Waals surface area contributed by atoms with Crippen LogP contribution in [0.5, 0.6) is 5.75 Å². The number of ether oxygens (including phenoxy) is 1. The number of carbonyl (C=O) groups is 1. The number of carboxylic acids is 1. The van der Waals surface area contributed by atoms with Gasteiger partial charge in [0.05, 0.1) is 13.0 Å². The second-order valence-electron chi connectivity index (χ2n) is 4.67. The van der Waals surface area contributed by atoms with Crippen molar-refractivity contribution in [1.29, 1.82) is 0 Å². The lowest BCUT2D eigenvalue weighted by molar-refractivity contribution is -0.138. The van der Waals surface area contributed by atoms with Crippen LogP contribution in [0.1, 0.15) is 22.7 Å². The van der Waals surface area contributed by atoms with Gasteiger partial charge in [0, 0.05) is 11.9 Å². The molecule has 1 aromatic heterocycles. The minimum absolute atomic E-state index is 0.447. The molecular formula is C16H17NO3. The summed E-state index contributed by atoms with van der Waals surface area (Å²) < 4.78 is 5.10. The molecule has 0 fully saturated rings. The van der Waals surface area contributed by atoms with Crippen LogP contribution in [0, 0.1) is 6.92 Å². The number of hydrogen-bond acceptors (Lipinski definition) is 3. The molecule has 0 bridgehead atoms. The first kappa shape index (κ1) is 14.1. The van der Waals surface area contributed by atoms with Gasteiger partial charge in [-0.1, -0.05) is 12.1 Å². The fraction of sp³-hybridized carbons (Fsp3) is 0.250. The third-order valence-corrected chi connectivity index (χ3v) is 3.22. The quantitative estimate of drug-likeness (QED) is 0.908. The number of rotatable bonds is 5. The average Bonchev–Trinajstić information content (AvgIpc) is 2.45. The smallest absolute Gasteiger partial charge is 0.311 e. The standard InChI is InChI=1S/C16H17NO3/c1-11-9-13(7-8-17-11)15(16(18)19)10-12-3-5-14(20-2)6-4-12/h3-9,15H,10H2,1-2H3,(H,18,19). The zero-order valence-corrected chi connectivity index (χ0v) is 11.5. The first-order valence-electron chi connectivity index (χ1n) is 6.38. The van der Waals surface area contributed by atoms with E-state index in [9.17, 15) is 9.90 Å². The van der Waals surface area contributed by atoms with Crippen molar-refractivity contribution in [3.63, 3.8) is 0 Å². The third-order valence-electron chi connectivity index (χ3n) is 3.22. The van der Waals surface area contributed by atoms with Crippen LogP contribution in [0.15, 0.2) is 42.6 Å². The van der Waals surface area contributed by atoms with E-state index in [2.05, 4.69) is 4.98 Å². The van der Waals surface area contributed by atoms with Crippen molar-refractivity contribution >= 4 is 5.97 Å². The SMILES string of the molecule is COc1ccc(CC(C(=O)O)c2ccnc(C)c2)cc1. The maximum absolute atomic E-state index is 11.5. The first-order valence-corrected chi connectivity index (χ1v) is 6.38. The molecule has 1 heterocycles. The van der Waals surface area contributed by atoms with E-state index in [1.807, 2.05) is 37.3 Å². The monoisotopic (exact) mass is 271 g/mol. The van der Waals surface area contributed by atoms with E-state index in [4.69, 9.17) is 4.74 Å². The first-order chi connectivity index (χ1) is 9.60. The van der Waals surface area contributed by atoms with E-state index in [-0.39, 0.29) is 0 Å². The Morgan fingerprint density at radius 1 is 1.30 bits per heavy atom. The Labute approximate surface area is 118 Å². The Hall–Kier alpha value is -2.36. The molecule has 1 atom stereocenters.